The maximum Gasteiger partial charge on any atom is 0.227 e. The molecule has 3 aromatic rings. The molecule has 5 heteroatoms. The number of carbonyl (C=O) groups excluding carboxylic acids is 1. The lowest BCUT2D eigenvalue weighted by Crippen LogP contribution is -2.37. The highest BCUT2D eigenvalue weighted by molar-refractivity contribution is 5.79. The van der Waals surface area contributed by atoms with Crippen LogP contribution >= 0.6 is 0 Å². The number of hydrogen-bond donors (Lipinski definition) is 0. The molecule has 1 aromatic carbocycles. The van der Waals surface area contributed by atoms with Gasteiger partial charge in [-0.15, -0.1) is 0 Å². The van der Waals surface area contributed by atoms with E-state index in [9.17, 15) is 4.79 Å². The van der Waals surface area contributed by atoms with E-state index in [1.165, 1.54) is 5.56 Å². The number of rotatable bonds is 7. The summed E-state index contributed by atoms with van der Waals surface area (Å²) in [5.41, 5.74) is 5.56. The van der Waals surface area contributed by atoms with E-state index >= 15 is 0 Å². The van der Waals surface area contributed by atoms with Crippen molar-refractivity contribution < 1.29 is 4.79 Å². The normalized spacial score (nSPS) is 17.4. The van der Waals surface area contributed by atoms with Crippen molar-refractivity contribution >= 4 is 5.91 Å². The molecule has 0 saturated carbocycles. The number of hydrogen-bond acceptors (Lipinski definition) is 4. The molecule has 0 bridgehead atoms. The van der Waals surface area contributed by atoms with Gasteiger partial charge >= 0.3 is 0 Å². The Labute approximate surface area is 191 Å². The molecule has 32 heavy (non-hydrogen) atoms. The minimum atomic E-state index is -0.0434. The Balaban J connectivity index is 1.50. The molecule has 1 amide bonds. The lowest BCUT2D eigenvalue weighted by Gasteiger charge is -2.24. The van der Waals surface area contributed by atoms with Gasteiger partial charge in [-0.3, -0.25) is 19.7 Å². The van der Waals surface area contributed by atoms with Crippen LogP contribution in [0.1, 0.15) is 30.3 Å². The number of amides is 1. The Kier molecular flexibility index (Phi) is 7.28. The van der Waals surface area contributed by atoms with Crippen molar-refractivity contribution in [1.82, 2.24) is 19.8 Å². The number of carbonyl (C=O) groups is 1. The standard InChI is InChI=1S/C27H32N4O/c1-3-14-31-16-15-30(20-26-8-4-6-21(2)29-26)19-25(27(31)32)17-22-9-11-23(12-10-22)24-7-5-13-28-18-24/h4-13,18,25H,3,14-17,19-20H2,1-2H3/t25-/m1/s1. The molecule has 4 rings (SSSR count). The van der Waals surface area contributed by atoms with Crippen LogP contribution in [0.15, 0.2) is 67.0 Å². The summed E-state index contributed by atoms with van der Waals surface area (Å²) in [4.78, 5) is 26.7. The van der Waals surface area contributed by atoms with Crippen molar-refractivity contribution in [3.05, 3.63) is 83.9 Å². The van der Waals surface area contributed by atoms with Crippen LogP contribution in [-0.2, 0) is 17.8 Å². The van der Waals surface area contributed by atoms with Gasteiger partial charge in [0.2, 0.25) is 5.91 Å². The van der Waals surface area contributed by atoms with Crippen LogP contribution in [0.4, 0.5) is 0 Å². The van der Waals surface area contributed by atoms with Gasteiger partial charge in [-0.1, -0.05) is 43.3 Å². The zero-order chi connectivity index (χ0) is 22.3. The first kappa shape index (κ1) is 22.2. The fourth-order valence-electron chi connectivity index (χ4n) is 4.47. The molecule has 1 aliphatic heterocycles. The first-order valence-electron chi connectivity index (χ1n) is 11.6. The van der Waals surface area contributed by atoms with E-state index in [2.05, 4.69) is 69.2 Å². The number of pyridine rings is 2. The van der Waals surface area contributed by atoms with Gasteiger partial charge in [0.05, 0.1) is 11.6 Å². The topological polar surface area (TPSA) is 49.3 Å². The molecule has 2 aromatic heterocycles. The Morgan fingerprint density at radius 3 is 2.56 bits per heavy atom. The first-order valence-corrected chi connectivity index (χ1v) is 11.6. The second-order valence-electron chi connectivity index (χ2n) is 8.67. The van der Waals surface area contributed by atoms with Crippen LogP contribution < -0.4 is 0 Å². The van der Waals surface area contributed by atoms with Crippen molar-refractivity contribution in [2.75, 3.05) is 26.2 Å². The maximum absolute atomic E-state index is 13.4. The van der Waals surface area contributed by atoms with Gasteiger partial charge in [0.1, 0.15) is 0 Å². The molecule has 0 aliphatic carbocycles. The zero-order valence-corrected chi connectivity index (χ0v) is 19.1. The van der Waals surface area contributed by atoms with E-state index < -0.39 is 0 Å². The Hall–Kier alpha value is -3.05. The van der Waals surface area contributed by atoms with Crippen molar-refractivity contribution in [2.45, 2.75) is 33.2 Å². The molecule has 3 heterocycles. The van der Waals surface area contributed by atoms with Crippen LogP contribution in [0.5, 0.6) is 0 Å². The smallest absolute Gasteiger partial charge is 0.227 e. The van der Waals surface area contributed by atoms with Gasteiger partial charge in [0.25, 0.3) is 0 Å². The molecule has 0 spiro atoms. The minimum Gasteiger partial charge on any atom is -0.341 e. The Morgan fingerprint density at radius 1 is 1.00 bits per heavy atom. The van der Waals surface area contributed by atoms with Crippen molar-refractivity contribution in [3.8, 4) is 11.1 Å². The molecule has 0 unspecified atom stereocenters. The summed E-state index contributed by atoms with van der Waals surface area (Å²) in [6.07, 6.45) is 5.40. The minimum absolute atomic E-state index is 0.0434. The lowest BCUT2D eigenvalue weighted by atomic mass is 9.96. The summed E-state index contributed by atoms with van der Waals surface area (Å²) in [5, 5.41) is 0. The molecular weight excluding hydrogens is 396 g/mol. The van der Waals surface area contributed by atoms with Crippen LogP contribution in [0.3, 0.4) is 0 Å². The number of aryl methyl sites for hydroxylation is 1. The van der Waals surface area contributed by atoms with E-state index in [0.717, 1.165) is 68.1 Å². The van der Waals surface area contributed by atoms with E-state index in [-0.39, 0.29) is 11.8 Å². The average molecular weight is 429 g/mol. The largest absolute Gasteiger partial charge is 0.341 e. The molecule has 1 fully saturated rings. The zero-order valence-electron chi connectivity index (χ0n) is 19.1. The third kappa shape index (κ3) is 5.60. The molecule has 1 atom stereocenters. The van der Waals surface area contributed by atoms with Gasteiger partial charge in [0, 0.05) is 50.8 Å². The predicted molar refractivity (Wildman–Crippen MR) is 128 cm³/mol. The summed E-state index contributed by atoms with van der Waals surface area (Å²) >= 11 is 0. The second-order valence-corrected chi connectivity index (χ2v) is 8.67. The summed E-state index contributed by atoms with van der Waals surface area (Å²) < 4.78 is 0. The van der Waals surface area contributed by atoms with E-state index in [0.29, 0.717) is 0 Å². The van der Waals surface area contributed by atoms with Gasteiger partial charge in [0.15, 0.2) is 0 Å². The fraction of sp³-hybridized carbons (Fsp3) is 0.370. The van der Waals surface area contributed by atoms with Crippen molar-refractivity contribution in [1.29, 1.82) is 0 Å². The molecule has 0 radical (unpaired) electrons. The van der Waals surface area contributed by atoms with Crippen molar-refractivity contribution in [2.24, 2.45) is 5.92 Å². The highest BCUT2D eigenvalue weighted by Crippen LogP contribution is 2.22. The lowest BCUT2D eigenvalue weighted by molar-refractivity contribution is -0.134. The van der Waals surface area contributed by atoms with E-state index in [1.54, 1.807) is 6.20 Å². The first-order chi connectivity index (χ1) is 15.6. The molecule has 1 aliphatic rings. The summed E-state index contributed by atoms with van der Waals surface area (Å²) in [6, 6.07) is 18.7. The quantitative estimate of drug-likeness (QED) is 0.561. The van der Waals surface area contributed by atoms with Gasteiger partial charge < -0.3 is 4.90 Å². The average Bonchev–Trinajstić information content (AvgIpc) is 2.95. The Bertz CT molecular complexity index is 1020. The monoisotopic (exact) mass is 428 g/mol. The molecule has 5 nitrogen and oxygen atoms in total. The van der Waals surface area contributed by atoms with Crippen LogP contribution in [-0.4, -0.2) is 51.9 Å². The van der Waals surface area contributed by atoms with Crippen LogP contribution in [0.2, 0.25) is 0 Å². The van der Waals surface area contributed by atoms with Crippen LogP contribution in [0.25, 0.3) is 11.1 Å². The molecule has 166 valence electrons. The molecular formula is C27H32N4O. The summed E-state index contributed by atoms with van der Waals surface area (Å²) in [6.45, 7) is 8.21. The third-order valence-electron chi connectivity index (χ3n) is 6.08. The SMILES string of the molecule is CCCN1CCN(Cc2cccc(C)n2)C[C@@H](Cc2ccc(-c3cccnc3)cc2)C1=O. The summed E-state index contributed by atoms with van der Waals surface area (Å²) in [5.74, 6) is 0.237. The molecule has 0 N–H and O–H groups in total. The number of nitrogens with zero attached hydrogens (tertiary/aromatic N) is 4. The maximum atomic E-state index is 13.4. The van der Waals surface area contributed by atoms with E-state index in [1.807, 2.05) is 25.3 Å². The van der Waals surface area contributed by atoms with Gasteiger partial charge in [-0.2, -0.15) is 0 Å². The highest BCUT2D eigenvalue weighted by Gasteiger charge is 2.30. The van der Waals surface area contributed by atoms with Crippen LogP contribution in [0, 0.1) is 12.8 Å². The second kappa shape index (κ2) is 10.5. The summed E-state index contributed by atoms with van der Waals surface area (Å²) in [7, 11) is 0. The van der Waals surface area contributed by atoms with Gasteiger partial charge in [-0.05, 0) is 54.7 Å². The van der Waals surface area contributed by atoms with Crippen molar-refractivity contribution in [3.63, 3.8) is 0 Å². The molecule has 1 saturated heterocycles. The third-order valence-corrected chi connectivity index (χ3v) is 6.08. The predicted octanol–water partition coefficient (Wildman–Crippen LogP) is 4.37. The van der Waals surface area contributed by atoms with Gasteiger partial charge in [-0.25, -0.2) is 0 Å². The Morgan fingerprint density at radius 2 is 1.84 bits per heavy atom. The highest BCUT2D eigenvalue weighted by atomic mass is 16.2. The van der Waals surface area contributed by atoms with E-state index in [4.69, 9.17) is 0 Å². The number of aromatic nitrogens is 2. The number of benzene rings is 1. The fourth-order valence-corrected chi connectivity index (χ4v) is 4.47.